The van der Waals surface area contributed by atoms with Crippen molar-refractivity contribution >= 4 is 5.91 Å². The number of carbonyl (C=O) groups is 1. The van der Waals surface area contributed by atoms with E-state index < -0.39 is 0 Å². The van der Waals surface area contributed by atoms with Gasteiger partial charge in [-0.3, -0.25) is 9.78 Å². The summed E-state index contributed by atoms with van der Waals surface area (Å²) < 4.78 is 5.56. The van der Waals surface area contributed by atoms with Crippen LogP contribution < -0.4 is 10.1 Å². The van der Waals surface area contributed by atoms with Gasteiger partial charge in [-0.15, -0.1) is 0 Å². The molecular formula is C14H14N2O3. The molecule has 2 rings (SSSR count). The minimum Gasteiger partial charge on any atom is -0.456 e. The van der Waals surface area contributed by atoms with Crippen LogP contribution in [-0.2, 0) is 0 Å². The molecule has 0 radical (unpaired) electrons. The molecule has 1 aromatic carbocycles. The molecule has 1 heterocycles. The molecule has 0 fully saturated rings. The van der Waals surface area contributed by atoms with E-state index in [0.717, 1.165) is 0 Å². The third kappa shape index (κ3) is 3.79. The normalized spacial score (nSPS) is 9.95. The van der Waals surface area contributed by atoms with E-state index in [1.54, 1.807) is 48.8 Å². The van der Waals surface area contributed by atoms with Crippen LogP contribution in [0.5, 0.6) is 11.5 Å². The summed E-state index contributed by atoms with van der Waals surface area (Å²) in [6, 6.07) is 10.3. The topological polar surface area (TPSA) is 71.5 Å². The second-order valence-corrected chi connectivity index (χ2v) is 3.79. The zero-order valence-electron chi connectivity index (χ0n) is 10.2. The number of amides is 1. The quantitative estimate of drug-likeness (QED) is 0.854. The Labute approximate surface area is 110 Å². The highest BCUT2D eigenvalue weighted by Gasteiger charge is 2.04. The summed E-state index contributed by atoms with van der Waals surface area (Å²) in [4.78, 5) is 15.5. The number of aliphatic hydroxyl groups is 1. The second-order valence-electron chi connectivity index (χ2n) is 3.79. The summed E-state index contributed by atoms with van der Waals surface area (Å²) in [6.07, 6.45) is 3.28. The van der Waals surface area contributed by atoms with E-state index in [1.807, 2.05) is 0 Å². The molecule has 19 heavy (non-hydrogen) atoms. The highest BCUT2D eigenvalue weighted by molar-refractivity contribution is 5.94. The molecular weight excluding hydrogens is 244 g/mol. The zero-order valence-corrected chi connectivity index (χ0v) is 10.2. The van der Waals surface area contributed by atoms with Gasteiger partial charge in [0.05, 0.1) is 12.8 Å². The number of aromatic nitrogens is 1. The fourth-order valence-electron chi connectivity index (χ4n) is 1.49. The minimum absolute atomic E-state index is 0.0755. The van der Waals surface area contributed by atoms with Gasteiger partial charge >= 0.3 is 0 Å². The van der Waals surface area contributed by atoms with Crippen molar-refractivity contribution in [3.05, 3.63) is 54.4 Å². The highest BCUT2D eigenvalue weighted by atomic mass is 16.5. The summed E-state index contributed by atoms with van der Waals surface area (Å²) in [7, 11) is 0. The van der Waals surface area contributed by atoms with E-state index >= 15 is 0 Å². The Balaban J connectivity index is 2.00. The molecule has 0 saturated carbocycles. The third-order valence-corrected chi connectivity index (χ3v) is 2.38. The first-order valence-electron chi connectivity index (χ1n) is 5.86. The summed E-state index contributed by atoms with van der Waals surface area (Å²) in [6.45, 7) is 0.167. The molecule has 0 unspecified atom stereocenters. The monoisotopic (exact) mass is 258 g/mol. The fraction of sp³-hybridized carbons (Fsp3) is 0.143. The molecule has 98 valence electrons. The molecule has 0 aliphatic rings. The van der Waals surface area contributed by atoms with Crippen LogP contribution in [-0.4, -0.2) is 29.1 Å². The van der Waals surface area contributed by atoms with Gasteiger partial charge in [-0.1, -0.05) is 0 Å². The standard InChI is InChI=1S/C14H14N2O3/c17-9-8-16-14(18)11-3-5-12(6-4-11)19-13-2-1-7-15-10-13/h1-7,10,17H,8-9H2,(H,16,18). The Morgan fingerprint density at radius 3 is 2.63 bits per heavy atom. The van der Waals surface area contributed by atoms with Crippen LogP contribution in [0.15, 0.2) is 48.8 Å². The number of pyridine rings is 1. The van der Waals surface area contributed by atoms with Gasteiger partial charge in [0.2, 0.25) is 0 Å². The molecule has 5 heteroatoms. The number of benzene rings is 1. The molecule has 0 atom stereocenters. The summed E-state index contributed by atoms with van der Waals surface area (Å²) in [5.41, 5.74) is 0.520. The Kier molecular flexibility index (Phi) is 4.47. The van der Waals surface area contributed by atoms with Crippen LogP contribution in [0.1, 0.15) is 10.4 Å². The molecule has 1 aromatic heterocycles. The first kappa shape index (κ1) is 13.0. The van der Waals surface area contributed by atoms with Gasteiger partial charge in [0.1, 0.15) is 11.5 Å². The summed E-state index contributed by atoms with van der Waals surface area (Å²) in [5.74, 6) is 1.05. The second kappa shape index (κ2) is 6.51. The van der Waals surface area contributed by atoms with Crippen molar-refractivity contribution in [1.82, 2.24) is 10.3 Å². The molecule has 0 aliphatic heterocycles. The van der Waals surface area contributed by atoms with Gasteiger partial charge in [-0.2, -0.15) is 0 Å². The number of nitrogens with one attached hydrogen (secondary N) is 1. The van der Waals surface area contributed by atoms with Gasteiger partial charge in [-0.25, -0.2) is 0 Å². The predicted molar refractivity (Wildman–Crippen MR) is 70.2 cm³/mol. The van der Waals surface area contributed by atoms with Crippen molar-refractivity contribution in [3.8, 4) is 11.5 Å². The van der Waals surface area contributed by atoms with Gasteiger partial charge in [0.15, 0.2) is 0 Å². The van der Waals surface area contributed by atoms with Crippen LogP contribution in [0.3, 0.4) is 0 Å². The number of nitrogens with zero attached hydrogens (tertiary/aromatic N) is 1. The van der Waals surface area contributed by atoms with E-state index in [0.29, 0.717) is 17.1 Å². The Hall–Kier alpha value is -2.40. The van der Waals surface area contributed by atoms with E-state index in [4.69, 9.17) is 9.84 Å². The van der Waals surface area contributed by atoms with Crippen molar-refractivity contribution in [2.75, 3.05) is 13.2 Å². The average Bonchev–Trinajstić information content (AvgIpc) is 2.46. The molecule has 0 spiro atoms. The molecule has 5 nitrogen and oxygen atoms in total. The number of hydrogen-bond donors (Lipinski definition) is 2. The first-order valence-corrected chi connectivity index (χ1v) is 5.86. The SMILES string of the molecule is O=C(NCCO)c1ccc(Oc2cccnc2)cc1. The maximum absolute atomic E-state index is 11.6. The highest BCUT2D eigenvalue weighted by Crippen LogP contribution is 2.20. The maximum Gasteiger partial charge on any atom is 0.251 e. The van der Waals surface area contributed by atoms with Crippen molar-refractivity contribution in [3.63, 3.8) is 0 Å². The van der Waals surface area contributed by atoms with E-state index in [1.165, 1.54) is 0 Å². The van der Waals surface area contributed by atoms with Crippen molar-refractivity contribution in [1.29, 1.82) is 0 Å². The Morgan fingerprint density at radius 2 is 2.00 bits per heavy atom. The average molecular weight is 258 g/mol. The van der Waals surface area contributed by atoms with Gasteiger partial charge in [-0.05, 0) is 36.4 Å². The van der Waals surface area contributed by atoms with Crippen LogP contribution in [0.4, 0.5) is 0 Å². The lowest BCUT2D eigenvalue weighted by Crippen LogP contribution is -2.26. The van der Waals surface area contributed by atoms with E-state index in [9.17, 15) is 4.79 Å². The number of hydrogen-bond acceptors (Lipinski definition) is 4. The van der Waals surface area contributed by atoms with Crippen molar-refractivity contribution in [2.45, 2.75) is 0 Å². The van der Waals surface area contributed by atoms with Crippen LogP contribution >= 0.6 is 0 Å². The zero-order chi connectivity index (χ0) is 13.5. The molecule has 0 bridgehead atoms. The Bertz CT molecular complexity index is 526. The number of ether oxygens (including phenoxy) is 1. The molecule has 2 N–H and O–H groups in total. The van der Waals surface area contributed by atoms with Crippen LogP contribution in [0.2, 0.25) is 0 Å². The Morgan fingerprint density at radius 1 is 1.21 bits per heavy atom. The predicted octanol–water partition coefficient (Wildman–Crippen LogP) is 1.60. The summed E-state index contributed by atoms with van der Waals surface area (Å²) >= 11 is 0. The third-order valence-electron chi connectivity index (χ3n) is 2.38. The van der Waals surface area contributed by atoms with Gasteiger partial charge < -0.3 is 15.2 Å². The van der Waals surface area contributed by atoms with Crippen LogP contribution in [0, 0.1) is 0 Å². The van der Waals surface area contributed by atoms with Gasteiger partial charge in [0.25, 0.3) is 5.91 Å². The molecule has 1 amide bonds. The largest absolute Gasteiger partial charge is 0.456 e. The lowest BCUT2D eigenvalue weighted by molar-refractivity contribution is 0.0945. The molecule has 0 aliphatic carbocycles. The molecule has 2 aromatic rings. The number of carbonyl (C=O) groups excluding carboxylic acids is 1. The van der Waals surface area contributed by atoms with Crippen LogP contribution in [0.25, 0.3) is 0 Å². The smallest absolute Gasteiger partial charge is 0.251 e. The number of aliphatic hydroxyl groups excluding tert-OH is 1. The van der Waals surface area contributed by atoms with E-state index in [-0.39, 0.29) is 19.1 Å². The first-order chi connectivity index (χ1) is 9.29. The van der Waals surface area contributed by atoms with Gasteiger partial charge in [0, 0.05) is 18.3 Å². The summed E-state index contributed by atoms with van der Waals surface area (Å²) in [5, 5.41) is 11.2. The number of rotatable bonds is 5. The fourth-order valence-corrected chi connectivity index (χ4v) is 1.49. The molecule has 0 saturated heterocycles. The maximum atomic E-state index is 11.6. The lowest BCUT2D eigenvalue weighted by Gasteiger charge is -2.06. The van der Waals surface area contributed by atoms with Crippen molar-refractivity contribution < 1.29 is 14.6 Å². The van der Waals surface area contributed by atoms with Crippen molar-refractivity contribution in [2.24, 2.45) is 0 Å². The lowest BCUT2D eigenvalue weighted by atomic mass is 10.2. The minimum atomic E-state index is -0.220. The van der Waals surface area contributed by atoms with E-state index in [2.05, 4.69) is 10.3 Å².